The number of rotatable bonds is 0. The molecule has 3 atom stereocenters. The van der Waals surface area contributed by atoms with Crippen molar-refractivity contribution in [3.63, 3.8) is 0 Å². The van der Waals surface area contributed by atoms with Crippen LogP contribution in [0.3, 0.4) is 0 Å². The van der Waals surface area contributed by atoms with E-state index in [1.54, 1.807) is 0 Å². The lowest BCUT2D eigenvalue weighted by atomic mass is 9.72. The number of halogens is 1. The Morgan fingerprint density at radius 2 is 2.24 bits per heavy atom. The standard InChI is InChI=1S/C14H18ClNO/c1-9-7-14(4-5-16-9)8-13(17)11-3-2-10(15)6-12(11)14/h2-3,6,9,13,16-17H,4-5,7-8H2,1H3/t9-,13?,14?/m0/s1. The minimum absolute atomic E-state index is 0.143. The fourth-order valence-electron chi connectivity index (χ4n) is 3.62. The molecule has 0 radical (unpaired) electrons. The summed E-state index contributed by atoms with van der Waals surface area (Å²) in [6, 6.07) is 6.45. The van der Waals surface area contributed by atoms with E-state index >= 15 is 0 Å². The fraction of sp³-hybridized carbons (Fsp3) is 0.571. The molecule has 0 aromatic heterocycles. The largest absolute Gasteiger partial charge is 0.388 e. The molecular formula is C14H18ClNO. The third-order valence-electron chi connectivity index (χ3n) is 4.32. The summed E-state index contributed by atoms with van der Waals surface area (Å²) in [5.41, 5.74) is 2.51. The highest BCUT2D eigenvalue weighted by atomic mass is 35.5. The number of piperidine rings is 1. The molecular weight excluding hydrogens is 234 g/mol. The molecule has 1 aliphatic carbocycles. The molecule has 2 aliphatic rings. The van der Waals surface area contributed by atoms with Gasteiger partial charge in [-0.1, -0.05) is 17.7 Å². The molecule has 92 valence electrons. The molecule has 2 N–H and O–H groups in total. The zero-order valence-electron chi connectivity index (χ0n) is 10.0. The summed E-state index contributed by atoms with van der Waals surface area (Å²) in [5, 5.41) is 14.5. The van der Waals surface area contributed by atoms with E-state index in [1.165, 1.54) is 5.56 Å². The first kappa shape index (κ1) is 11.5. The Hall–Kier alpha value is -0.570. The third-order valence-corrected chi connectivity index (χ3v) is 4.56. The minimum atomic E-state index is -0.312. The maximum atomic E-state index is 10.2. The Balaban J connectivity index is 2.07. The molecule has 1 aromatic rings. The van der Waals surface area contributed by atoms with Crippen LogP contribution in [0.5, 0.6) is 0 Å². The predicted octanol–water partition coefficient (Wildman–Crippen LogP) is 2.79. The van der Waals surface area contributed by atoms with Crippen LogP contribution in [0.2, 0.25) is 5.02 Å². The van der Waals surface area contributed by atoms with Crippen molar-refractivity contribution < 1.29 is 5.11 Å². The average molecular weight is 252 g/mol. The Bertz CT molecular complexity index is 444. The van der Waals surface area contributed by atoms with E-state index in [4.69, 9.17) is 11.6 Å². The number of aliphatic hydroxyl groups excluding tert-OH is 1. The van der Waals surface area contributed by atoms with E-state index in [0.717, 1.165) is 36.4 Å². The van der Waals surface area contributed by atoms with Gasteiger partial charge in [0, 0.05) is 16.5 Å². The van der Waals surface area contributed by atoms with Crippen LogP contribution in [-0.4, -0.2) is 17.7 Å². The van der Waals surface area contributed by atoms with Crippen molar-refractivity contribution in [2.24, 2.45) is 0 Å². The van der Waals surface area contributed by atoms with Crippen LogP contribution in [0.1, 0.15) is 43.4 Å². The molecule has 0 bridgehead atoms. The van der Waals surface area contributed by atoms with Crippen LogP contribution < -0.4 is 5.32 Å². The summed E-state index contributed by atoms with van der Waals surface area (Å²) in [6.07, 6.45) is 2.74. The normalized spacial score (nSPS) is 36.2. The highest BCUT2D eigenvalue weighted by Gasteiger charge is 2.45. The number of fused-ring (bicyclic) bond motifs is 2. The highest BCUT2D eigenvalue weighted by Crippen LogP contribution is 2.51. The van der Waals surface area contributed by atoms with Crippen molar-refractivity contribution >= 4 is 11.6 Å². The summed E-state index contributed by atoms with van der Waals surface area (Å²) in [7, 11) is 0. The van der Waals surface area contributed by atoms with Gasteiger partial charge in [-0.2, -0.15) is 0 Å². The number of nitrogens with one attached hydrogen (secondary N) is 1. The molecule has 1 spiro atoms. The maximum absolute atomic E-state index is 10.2. The SMILES string of the molecule is C[C@H]1CC2(CCN1)CC(O)c1ccc(Cl)cc12. The molecule has 1 aliphatic heterocycles. The van der Waals surface area contributed by atoms with Crippen LogP contribution >= 0.6 is 11.6 Å². The van der Waals surface area contributed by atoms with Gasteiger partial charge in [0.05, 0.1) is 6.10 Å². The van der Waals surface area contributed by atoms with Crippen LogP contribution in [0, 0.1) is 0 Å². The van der Waals surface area contributed by atoms with E-state index in [1.807, 2.05) is 12.1 Å². The van der Waals surface area contributed by atoms with Crippen LogP contribution in [0.25, 0.3) is 0 Å². The average Bonchev–Trinajstić information content (AvgIpc) is 2.51. The fourth-order valence-corrected chi connectivity index (χ4v) is 3.79. The molecule has 2 nitrogen and oxygen atoms in total. The second-order valence-corrected chi connectivity index (χ2v) is 5.98. The summed E-state index contributed by atoms with van der Waals surface area (Å²) < 4.78 is 0. The summed E-state index contributed by atoms with van der Waals surface area (Å²) in [6.45, 7) is 3.25. The zero-order chi connectivity index (χ0) is 12.0. The molecule has 17 heavy (non-hydrogen) atoms. The van der Waals surface area contributed by atoms with Gasteiger partial charge in [-0.3, -0.25) is 0 Å². The molecule has 3 rings (SSSR count). The Kier molecular flexibility index (Phi) is 2.69. The number of aliphatic hydroxyl groups is 1. The Labute approximate surface area is 107 Å². The zero-order valence-corrected chi connectivity index (χ0v) is 10.8. The first-order chi connectivity index (χ1) is 8.11. The summed E-state index contributed by atoms with van der Waals surface area (Å²) >= 11 is 6.11. The van der Waals surface area contributed by atoms with Crippen LogP contribution in [0.4, 0.5) is 0 Å². The van der Waals surface area contributed by atoms with Crippen molar-refractivity contribution in [2.75, 3.05) is 6.54 Å². The first-order valence-corrected chi connectivity index (χ1v) is 6.70. The van der Waals surface area contributed by atoms with Gasteiger partial charge in [-0.25, -0.2) is 0 Å². The molecule has 3 heteroatoms. The van der Waals surface area contributed by atoms with Gasteiger partial charge in [0.2, 0.25) is 0 Å². The van der Waals surface area contributed by atoms with Crippen molar-refractivity contribution in [2.45, 2.75) is 43.7 Å². The van der Waals surface area contributed by atoms with Gasteiger partial charge in [0.15, 0.2) is 0 Å². The monoisotopic (exact) mass is 251 g/mol. The van der Waals surface area contributed by atoms with Gasteiger partial charge in [-0.05, 0) is 56.0 Å². The molecule has 2 unspecified atom stereocenters. The van der Waals surface area contributed by atoms with Gasteiger partial charge < -0.3 is 10.4 Å². The minimum Gasteiger partial charge on any atom is -0.388 e. The van der Waals surface area contributed by atoms with Gasteiger partial charge in [0.1, 0.15) is 0 Å². The Morgan fingerprint density at radius 1 is 1.41 bits per heavy atom. The van der Waals surface area contributed by atoms with Crippen LogP contribution in [0.15, 0.2) is 18.2 Å². The molecule has 1 fully saturated rings. The lowest BCUT2D eigenvalue weighted by molar-refractivity contribution is 0.135. The molecule has 1 saturated heterocycles. The molecule has 0 amide bonds. The van der Waals surface area contributed by atoms with Crippen molar-refractivity contribution in [3.05, 3.63) is 34.3 Å². The van der Waals surface area contributed by atoms with Crippen molar-refractivity contribution in [1.82, 2.24) is 5.32 Å². The molecule has 0 saturated carbocycles. The quantitative estimate of drug-likeness (QED) is 0.743. The van der Waals surface area contributed by atoms with E-state index in [2.05, 4.69) is 18.3 Å². The first-order valence-electron chi connectivity index (χ1n) is 6.32. The van der Waals surface area contributed by atoms with Gasteiger partial charge in [0.25, 0.3) is 0 Å². The number of hydrogen-bond donors (Lipinski definition) is 2. The smallest absolute Gasteiger partial charge is 0.0801 e. The number of hydrogen-bond acceptors (Lipinski definition) is 2. The van der Waals surface area contributed by atoms with Gasteiger partial charge >= 0.3 is 0 Å². The van der Waals surface area contributed by atoms with Crippen molar-refractivity contribution in [1.29, 1.82) is 0 Å². The second-order valence-electron chi connectivity index (χ2n) is 5.54. The van der Waals surface area contributed by atoms with Crippen LogP contribution in [-0.2, 0) is 5.41 Å². The second kappa shape index (κ2) is 3.98. The van der Waals surface area contributed by atoms with E-state index in [9.17, 15) is 5.11 Å². The Morgan fingerprint density at radius 3 is 3.00 bits per heavy atom. The molecule has 1 aromatic carbocycles. The topological polar surface area (TPSA) is 32.3 Å². The lowest BCUT2D eigenvalue weighted by Crippen LogP contribution is -2.44. The molecule has 1 heterocycles. The summed E-state index contributed by atoms with van der Waals surface area (Å²) in [4.78, 5) is 0. The third kappa shape index (κ3) is 1.79. The van der Waals surface area contributed by atoms with E-state index in [0.29, 0.717) is 6.04 Å². The lowest BCUT2D eigenvalue weighted by Gasteiger charge is -2.38. The van der Waals surface area contributed by atoms with Gasteiger partial charge in [-0.15, -0.1) is 0 Å². The van der Waals surface area contributed by atoms with Crippen molar-refractivity contribution in [3.8, 4) is 0 Å². The van der Waals surface area contributed by atoms with E-state index < -0.39 is 0 Å². The van der Waals surface area contributed by atoms with E-state index in [-0.39, 0.29) is 11.5 Å². The highest BCUT2D eigenvalue weighted by molar-refractivity contribution is 6.30. The number of benzene rings is 1. The summed E-state index contributed by atoms with van der Waals surface area (Å²) in [5.74, 6) is 0. The maximum Gasteiger partial charge on any atom is 0.0801 e. The predicted molar refractivity (Wildman–Crippen MR) is 69.4 cm³/mol.